The van der Waals surface area contributed by atoms with Gasteiger partial charge in [0.1, 0.15) is 11.5 Å². The molecule has 0 N–H and O–H groups in total. The highest BCUT2D eigenvalue weighted by Crippen LogP contribution is 2.43. The van der Waals surface area contributed by atoms with Gasteiger partial charge in [0.2, 0.25) is 11.6 Å². The lowest BCUT2D eigenvalue weighted by molar-refractivity contribution is -0.135. The van der Waals surface area contributed by atoms with Gasteiger partial charge in [0, 0.05) is 12.3 Å². The molecule has 3 heterocycles. The number of aryl methyl sites for hydroxylation is 1. The lowest BCUT2D eigenvalue weighted by atomic mass is 9.88. The van der Waals surface area contributed by atoms with Crippen molar-refractivity contribution in [2.24, 2.45) is 5.92 Å². The van der Waals surface area contributed by atoms with E-state index < -0.39 is 29.4 Å². The number of amides is 1. The minimum Gasteiger partial charge on any atom is -0.453 e. The number of aromatic nitrogens is 1. The zero-order valence-corrected chi connectivity index (χ0v) is 18.6. The number of furan rings is 1. The number of carbonyl (C=O) groups excluding carboxylic acids is 4. The SMILES string of the molecule is CC(=O)c1sc(N2C(=O)C(=O)C(C(=O)c3cc4ccccc4o3)C2c2ccccc2)nc1C. The number of benzene rings is 2. The molecule has 1 aliphatic heterocycles. The van der Waals surface area contributed by atoms with Crippen LogP contribution in [0.3, 0.4) is 0 Å². The number of thiazole rings is 1. The summed E-state index contributed by atoms with van der Waals surface area (Å²) in [5.74, 6) is -3.69. The van der Waals surface area contributed by atoms with Crippen LogP contribution in [0.4, 0.5) is 5.13 Å². The number of hydrogen-bond donors (Lipinski definition) is 0. The second-order valence-corrected chi connectivity index (χ2v) is 8.83. The maximum atomic E-state index is 13.5. The number of hydrogen-bond acceptors (Lipinski definition) is 7. The summed E-state index contributed by atoms with van der Waals surface area (Å²) in [6.45, 7) is 3.09. The third-order valence-corrected chi connectivity index (χ3v) is 6.97. The van der Waals surface area contributed by atoms with Gasteiger partial charge in [-0.05, 0) is 24.6 Å². The zero-order chi connectivity index (χ0) is 23.3. The van der Waals surface area contributed by atoms with E-state index in [9.17, 15) is 19.2 Å². The Morgan fingerprint density at radius 2 is 1.73 bits per heavy atom. The molecule has 2 aromatic heterocycles. The minimum absolute atomic E-state index is 0.0184. The first-order chi connectivity index (χ1) is 15.9. The van der Waals surface area contributed by atoms with E-state index >= 15 is 0 Å². The summed E-state index contributed by atoms with van der Waals surface area (Å²) < 4.78 is 5.72. The molecule has 164 valence electrons. The lowest BCUT2D eigenvalue weighted by Gasteiger charge is -2.24. The molecule has 2 unspecified atom stereocenters. The van der Waals surface area contributed by atoms with Crippen LogP contribution < -0.4 is 4.90 Å². The van der Waals surface area contributed by atoms with Crippen LogP contribution in [0.1, 0.15) is 44.4 Å². The summed E-state index contributed by atoms with van der Waals surface area (Å²) in [4.78, 5) is 57.9. The molecule has 7 nitrogen and oxygen atoms in total. The van der Waals surface area contributed by atoms with Crippen LogP contribution in [0.15, 0.2) is 65.1 Å². The molecule has 1 saturated heterocycles. The molecule has 1 fully saturated rings. The highest BCUT2D eigenvalue weighted by atomic mass is 32.1. The first kappa shape index (κ1) is 21.0. The maximum Gasteiger partial charge on any atom is 0.297 e. The van der Waals surface area contributed by atoms with E-state index in [4.69, 9.17) is 4.42 Å². The Bertz CT molecular complexity index is 1400. The topological polar surface area (TPSA) is 97.6 Å². The molecule has 2 aromatic carbocycles. The standard InChI is InChI=1S/C25H18N2O5S/c1-13-23(14(2)28)33-25(26-13)27-20(15-8-4-3-5-9-15)19(22(30)24(27)31)21(29)18-12-16-10-6-7-11-17(16)32-18/h3-12,19-20H,1-2H3. The summed E-state index contributed by atoms with van der Waals surface area (Å²) in [5.41, 5.74) is 1.61. The molecule has 1 amide bonds. The number of para-hydroxylation sites is 1. The quantitative estimate of drug-likeness (QED) is 0.247. The van der Waals surface area contributed by atoms with Gasteiger partial charge in [0.25, 0.3) is 5.91 Å². The first-order valence-corrected chi connectivity index (χ1v) is 11.1. The smallest absolute Gasteiger partial charge is 0.297 e. The molecule has 1 aliphatic rings. The summed E-state index contributed by atoms with van der Waals surface area (Å²) in [5, 5.41) is 0.942. The second-order valence-electron chi connectivity index (χ2n) is 7.85. The van der Waals surface area contributed by atoms with Gasteiger partial charge in [-0.1, -0.05) is 59.9 Å². The second kappa shape index (κ2) is 7.90. The molecule has 0 aliphatic carbocycles. The van der Waals surface area contributed by atoms with E-state index in [0.717, 1.165) is 16.7 Å². The predicted molar refractivity (Wildman–Crippen MR) is 123 cm³/mol. The van der Waals surface area contributed by atoms with Gasteiger partial charge in [0.15, 0.2) is 16.7 Å². The monoisotopic (exact) mass is 458 g/mol. The van der Waals surface area contributed by atoms with Gasteiger partial charge in [-0.15, -0.1) is 0 Å². The Labute approximate surface area is 192 Å². The molecule has 33 heavy (non-hydrogen) atoms. The molecule has 2 atom stereocenters. The predicted octanol–water partition coefficient (Wildman–Crippen LogP) is 4.56. The van der Waals surface area contributed by atoms with Crippen molar-refractivity contribution in [2.75, 3.05) is 4.90 Å². The van der Waals surface area contributed by atoms with Crippen LogP contribution in [-0.4, -0.2) is 28.2 Å². The fraction of sp³-hybridized carbons (Fsp3) is 0.160. The highest BCUT2D eigenvalue weighted by Gasteiger charge is 2.54. The van der Waals surface area contributed by atoms with Crippen molar-refractivity contribution in [3.63, 3.8) is 0 Å². The van der Waals surface area contributed by atoms with E-state index in [1.165, 1.54) is 11.8 Å². The highest BCUT2D eigenvalue weighted by molar-refractivity contribution is 7.18. The summed E-state index contributed by atoms with van der Waals surface area (Å²) in [6, 6.07) is 16.7. The van der Waals surface area contributed by atoms with Crippen LogP contribution in [0.5, 0.6) is 0 Å². The molecule has 0 spiro atoms. The Hall–Kier alpha value is -3.91. The molecule has 8 heteroatoms. The number of carbonyl (C=O) groups is 4. The Morgan fingerprint density at radius 3 is 2.39 bits per heavy atom. The number of Topliss-reactive ketones (excluding diaryl/α,β-unsaturated/α-hetero) is 3. The summed E-state index contributed by atoms with van der Waals surface area (Å²) in [6.07, 6.45) is 0. The molecule has 0 bridgehead atoms. The number of fused-ring (bicyclic) bond motifs is 1. The van der Waals surface area contributed by atoms with Crippen molar-refractivity contribution in [1.82, 2.24) is 4.98 Å². The van der Waals surface area contributed by atoms with Crippen LogP contribution in [0.25, 0.3) is 11.0 Å². The van der Waals surface area contributed by atoms with Gasteiger partial charge in [-0.25, -0.2) is 4.98 Å². The van der Waals surface area contributed by atoms with Crippen molar-refractivity contribution in [3.05, 3.63) is 82.6 Å². The van der Waals surface area contributed by atoms with Crippen molar-refractivity contribution in [3.8, 4) is 0 Å². The van der Waals surface area contributed by atoms with Crippen LogP contribution >= 0.6 is 11.3 Å². The zero-order valence-electron chi connectivity index (χ0n) is 17.8. The van der Waals surface area contributed by atoms with Crippen molar-refractivity contribution >= 4 is 50.7 Å². The Balaban J connectivity index is 1.64. The molecular weight excluding hydrogens is 440 g/mol. The lowest BCUT2D eigenvalue weighted by Crippen LogP contribution is -2.30. The van der Waals surface area contributed by atoms with E-state index in [0.29, 0.717) is 21.7 Å². The Kier molecular flexibility index (Phi) is 5.02. The van der Waals surface area contributed by atoms with Gasteiger partial charge in [-0.2, -0.15) is 0 Å². The fourth-order valence-corrected chi connectivity index (χ4v) is 5.20. The van der Waals surface area contributed by atoms with Crippen molar-refractivity contribution in [1.29, 1.82) is 0 Å². The molecule has 0 radical (unpaired) electrons. The fourth-order valence-electron chi connectivity index (χ4n) is 4.20. The Morgan fingerprint density at radius 1 is 1.03 bits per heavy atom. The average molecular weight is 458 g/mol. The average Bonchev–Trinajstić information content (AvgIpc) is 3.48. The largest absolute Gasteiger partial charge is 0.453 e. The van der Waals surface area contributed by atoms with E-state index in [1.807, 2.05) is 12.1 Å². The molecule has 5 rings (SSSR count). The van der Waals surface area contributed by atoms with Gasteiger partial charge >= 0.3 is 0 Å². The van der Waals surface area contributed by atoms with E-state index in [1.54, 1.807) is 55.5 Å². The molecule has 0 saturated carbocycles. The van der Waals surface area contributed by atoms with E-state index in [2.05, 4.69) is 4.98 Å². The van der Waals surface area contributed by atoms with Crippen LogP contribution in [0, 0.1) is 12.8 Å². The molecule has 4 aromatic rings. The van der Waals surface area contributed by atoms with Crippen molar-refractivity contribution < 1.29 is 23.6 Å². The summed E-state index contributed by atoms with van der Waals surface area (Å²) >= 11 is 1.04. The number of ketones is 3. The number of nitrogens with zero attached hydrogens (tertiary/aromatic N) is 2. The van der Waals surface area contributed by atoms with Crippen molar-refractivity contribution in [2.45, 2.75) is 19.9 Å². The van der Waals surface area contributed by atoms with Gasteiger partial charge in [0.05, 0.1) is 16.6 Å². The maximum absolute atomic E-state index is 13.5. The van der Waals surface area contributed by atoms with Gasteiger partial charge < -0.3 is 4.42 Å². The first-order valence-electron chi connectivity index (χ1n) is 10.3. The minimum atomic E-state index is -1.30. The van der Waals surface area contributed by atoms with Crippen LogP contribution in [-0.2, 0) is 9.59 Å². The summed E-state index contributed by atoms with van der Waals surface area (Å²) in [7, 11) is 0. The van der Waals surface area contributed by atoms with Crippen LogP contribution in [0.2, 0.25) is 0 Å². The normalized spacial score (nSPS) is 18.3. The number of rotatable bonds is 5. The molecular formula is C25H18N2O5S. The van der Waals surface area contributed by atoms with Gasteiger partial charge in [-0.3, -0.25) is 24.1 Å². The van der Waals surface area contributed by atoms with E-state index in [-0.39, 0.29) is 16.7 Å². The number of anilines is 1. The third-order valence-electron chi connectivity index (χ3n) is 5.71. The third kappa shape index (κ3) is 3.39.